The third kappa shape index (κ3) is 4.00. The minimum absolute atomic E-state index is 0.300. The van der Waals surface area contributed by atoms with Crippen LogP contribution < -0.4 is 14.2 Å². The van der Waals surface area contributed by atoms with E-state index in [1.165, 1.54) is 13.2 Å². The number of sulfonamides is 1. The number of rotatable bonds is 4. The van der Waals surface area contributed by atoms with E-state index >= 15 is 0 Å². The third-order valence-corrected chi connectivity index (χ3v) is 5.90. The Labute approximate surface area is 183 Å². The number of hydrogen-bond donors (Lipinski definition) is 1. The molecule has 1 heterocycles. The lowest BCUT2D eigenvalue weighted by molar-refractivity contribution is -0.137. The molecule has 32 heavy (non-hydrogen) atoms. The Hall–Kier alpha value is -3.20. The van der Waals surface area contributed by atoms with Crippen LogP contribution in [0.3, 0.4) is 0 Å². The molecule has 0 amide bonds. The highest BCUT2D eigenvalue weighted by atomic mass is 32.2. The lowest BCUT2D eigenvalue weighted by Crippen LogP contribution is -2.20. The van der Waals surface area contributed by atoms with Crippen molar-refractivity contribution < 1.29 is 31.1 Å². The first-order valence-corrected chi connectivity index (χ1v) is 11.5. The van der Waals surface area contributed by atoms with E-state index in [-0.39, 0.29) is 0 Å². The van der Waals surface area contributed by atoms with Crippen molar-refractivity contribution in [2.24, 2.45) is 0 Å². The van der Waals surface area contributed by atoms with E-state index in [0.29, 0.717) is 45.0 Å². The van der Waals surface area contributed by atoms with E-state index in [1.54, 1.807) is 43.3 Å². The Balaban J connectivity index is 1.98. The summed E-state index contributed by atoms with van der Waals surface area (Å²) in [5.41, 5.74) is 2.30. The summed E-state index contributed by atoms with van der Waals surface area (Å²) in [7, 11) is -2.06. The van der Waals surface area contributed by atoms with Crippen LogP contribution in [0.1, 0.15) is 28.4 Å². The minimum atomic E-state index is -4.51. The van der Waals surface area contributed by atoms with Gasteiger partial charge in [-0.05, 0) is 53.9 Å². The first kappa shape index (κ1) is 22.0. The summed E-state index contributed by atoms with van der Waals surface area (Å²) >= 11 is 0. The van der Waals surface area contributed by atoms with Gasteiger partial charge in [-0.1, -0.05) is 24.3 Å². The van der Waals surface area contributed by atoms with Crippen LogP contribution in [0.2, 0.25) is 0 Å². The highest BCUT2D eigenvalue weighted by molar-refractivity contribution is 7.92. The van der Waals surface area contributed by atoms with Crippen molar-refractivity contribution in [3.05, 3.63) is 76.9 Å². The van der Waals surface area contributed by atoms with Crippen molar-refractivity contribution >= 4 is 15.7 Å². The number of benzene rings is 3. The molecule has 1 atom stereocenters. The Morgan fingerprint density at radius 2 is 1.78 bits per heavy atom. The van der Waals surface area contributed by atoms with Crippen molar-refractivity contribution in [1.29, 1.82) is 0 Å². The molecular formula is C23H20F3NO4S. The van der Waals surface area contributed by atoms with Gasteiger partial charge in [-0.15, -0.1) is 0 Å². The fraction of sp³-hybridized carbons (Fsp3) is 0.217. The van der Waals surface area contributed by atoms with Gasteiger partial charge < -0.3 is 9.47 Å². The smallest absolute Gasteiger partial charge is 0.416 e. The van der Waals surface area contributed by atoms with Crippen LogP contribution in [0.5, 0.6) is 11.5 Å². The Morgan fingerprint density at radius 3 is 2.44 bits per heavy atom. The first-order valence-electron chi connectivity index (χ1n) is 9.62. The van der Waals surface area contributed by atoms with Gasteiger partial charge in [-0.25, -0.2) is 8.42 Å². The molecule has 0 spiro atoms. The SMILES string of the molecule is COc1cccc2c1-c1ccc(NS(C)(=O)=O)c(C)c1C(c1cccc(C(F)(F)F)c1)O2. The van der Waals surface area contributed by atoms with Crippen LogP contribution in [0, 0.1) is 6.92 Å². The van der Waals surface area contributed by atoms with Crippen LogP contribution in [0.25, 0.3) is 11.1 Å². The number of ether oxygens (including phenoxy) is 2. The highest BCUT2D eigenvalue weighted by Gasteiger charge is 2.35. The largest absolute Gasteiger partial charge is 0.496 e. The number of anilines is 1. The fourth-order valence-corrected chi connectivity index (χ4v) is 4.56. The Morgan fingerprint density at radius 1 is 1.06 bits per heavy atom. The predicted octanol–water partition coefficient (Wildman–Crippen LogP) is 5.54. The topological polar surface area (TPSA) is 64.6 Å². The molecule has 0 saturated carbocycles. The van der Waals surface area contributed by atoms with E-state index in [0.717, 1.165) is 18.4 Å². The monoisotopic (exact) mass is 463 g/mol. The molecule has 0 aliphatic carbocycles. The maximum absolute atomic E-state index is 13.4. The molecule has 1 unspecified atom stereocenters. The molecule has 1 N–H and O–H groups in total. The maximum atomic E-state index is 13.4. The highest BCUT2D eigenvalue weighted by Crippen LogP contribution is 2.51. The number of fused-ring (bicyclic) bond motifs is 3. The standard InChI is InChI=1S/C23H20F3NO4S/c1-13-17(27-32(3,28)29)11-10-16-20(13)22(14-6-4-7-15(12-14)23(24,25)26)31-19-9-5-8-18(30-2)21(16)19/h4-12,22,27H,1-3H3. The summed E-state index contributed by atoms with van der Waals surface area (Å²) in [6, 6.07) is 13.5. The summed E-state index contributed by atoms with van der Waals surface area (Å²) < 4.78 is 77.9. The molecule has 0 saturated heterocycles. The Kier molecular flexibility index (Phi) is 5.32. The van der Waals surface area contributed by atoms with Gasteiger partial charge in [-0.3, -0.25) is 4.72 Å². The van der Waals surface area contributed by atoms with Crippen LogP contribution in [-0.4, -0.2) is 21.8 Å². The molecular weight excluding hydrogens is 443 g/mol. The van der Waals surface area contributed by atoms with E-state index in [2.05, 4.69) is 4.72 Å². The number of methoxy groups -OCH3 is 1. The van der Waals surface area contributed by atoms with Crippen molar-refractivity contribution in [3.8, 4) is 22.6 Å². The Bertz CT molecular complexity index is 1300. The first-order chi connectivity index (χ1) is 15.0. The quantitative estimate of drug-likeness (QED) is 0.552. The predicted molar refractivity (Wildman–Crippen MR) is 116 cm³/mol. The maximum Gasteiger partial charge on any atom is 0.416 e. The summed E-state index contributed by atoms with van der Waals surface area (Å²) in [5, 5.41) is 0. The number of nitrogens with one attached hydrogen (secondary N) is 1. The lowest BCUT2D eigenvalue weighted by Gasteiger charge is -2.32. The molecule has 3 aromatic carbocycles. The van der Waals surface area contributed by atoms with E-state index < -0.39 is 27.9 Å². The molecule has 168 valence electrons. The van der Waals surface area contributed by atoms with Gasteiger partial charge in [-0.2, -0.15) is 13.2 Å². The number of hydrogen-bond acceptors (Lipinski definition) is 4. The fourth-order valence-electron chi connectivity index (χ4n) is 3.94. The van der Waals surface area contributed by atoms with Crippen LogP contribution >= 0.6 is 0 Å². The molecule has 0 bridgehead atoms. The van der Waals surface area contributed by atoms with E-state index in [9.17, 15) is 21.6 Å². The van der Waals surface area contributed by atoms with Gasteiger partial charge in [0.1, 0.15) is 17.6 Å². The van der Waals surface area contributed by atoms with Gasteiger partial charge in [0.05, 0.1) is 30.2 Å². The molecule has 9 heteroatoms. The summed E-state index contributed by atoms with van der Waals surface area (Å²) in [6.45, 7) is 1.71. The molecule has 0 radical (unpaired) electrons. The average molecular weight is 463 g/mol. The summed E-state index contributed by atoms with van der Waals surface area (Å²) in [6.07, 6.45) is -4.36. The van der Waals surface area contributed by atoms with Gasteiger partial charge in [0.15, 0.2) is 0 Å². The van der Waals surface area contributed by atoms with E-state index in [4.69, 9.17) is 9.47 Å². The zero-order valence-corrected chi connectivity index (χ0v) is 18.3. The van der Waals surface area contributed by atoms with Crippen LogP contribution in [-0.2, 0) is 16.2 Å². The zero-order chi connectivity index (χ0) is 23.3. The molecule has 0 aromatic heterocycles. The van der Waals surface area contributed by atoms with Gasteiger partial charge in [0, 0.05) is 5.56 Å². The van der Waals surface area contributed by atoms with Crippen molar-refractivity contribution in [2.45, 2.75) is 19.2 Å². The molecule has 0 fully saturated rings. The van der Waals surface area contributed by atoms with Crippen LogP contribution in [0.4, 0.5) is 18.9 Å². The van der Waals surface area contributed by atoms with E-state index in [1.807, 2.05) is 0 Å². The van der Waals surface area contributed by atoms with Crippen molar-refractivity contribution in [2.75, 3.05) is 18.1 Å². The molecule has 5 nitrogen and oxygen atoms in total. The zero-order valence-electron chi connectivity index (χ0n) is 17.4. The number of halogens is 3. The molecule has 1 aliphatic rings. The molecule has 3 aromatic rings. The van der Waals surface area contributed by atoms with Crippen molar-refractivity contribution in [1.82, 2.24) is 0 Å². The van der Waals surface area contributed by atoms with Gasteiger partial charge >= 0.3 is 6.18 Å². The minimum Gasteiger partial charge on any atom is -0.496 e. The van der Waals surface area contributed by atoms with Gasteiger partial charge in [0.2, 0.25) is 10.0 Å². The van der Waals surface area contributed by atoms with Gasteiger partial charge in [0.25, 0.3) is 0 Å². The van der Waals surface area contributed by atoms with Crippen molar-refractivity contribution in [3.63, 3.8) is 0 Å². The summed E-state index contributed by atoms with van der Waals surface area (Å²) in [5.74, 6) is 0.997. The average Bonchev–Trinajstić information content (AvgIpc) is 2.73. The van der Waals surface area contributed by atoms with Crippen LogP contribution in [0.15, 0.2) is 54.6 Å². The second-order valence-corrected chi connectivity index (χ2v) is 9.28. The lowest BCUT2D eigenvalue weighted by atomic mass is 9.85. The number of alkyl halides is 3. The third-order valence-electron chi connectivity index (χ3n) is 5.31. The normalized spacial score (nSPS) is 15.4. The second kappa shape index (κ2) is 7.74. The summed E-state index contributed by atoms with van der Waals surface area (Å²) in [4.78, 5) is 0. The molecule has 4 rings (SSSR count). The molecule has 1 aliphatic heterocycles. The second-order valence-electron chi connectivity index (χ2n) is 7.53.